The number of esters is 2. The third kappa shape index (κ3) is 2.93. The molecule has 0 aliphatic rings. The van der Waals surface area contributed by atoms with Crippen LogP contribution in [0.3, 0.4) is 0 Å². The Morgan fingerprint density at radius 2 is 1.53 bits per heavy atom. The van der Waals surface area contributed by atoms with Gasteiger partial charge in [-0.2, -0.15) is 0 Å². The van der Waals surface area contributed by atoms with Gasteiger partial charge in [-0.25, -0.2) is 9.59 Å². The van der Waals surface area contributed by atoms with Crippen LogP contribution in [-0.2, 0) is 9.47 Å². The van der Waals surface area contributed by atoms with Gasteiger partial charge in [0.25, 0.3) is 0 Å². The molecule has 1 aromatic rings. The molecule has 0 aromatic carbocycles. The van der Waals surface area contributed by atoms with E-state index in [9.17, 15) is 9.59 Å². The molecule has 0 aliphatic heterocycles. The van der Waals surface area contributed by atoms with Gasteiger partial charge in [-0.3, -0.25) is 4.98 Å². The van der Waals surface area contributed by atoms with Crippen molar-refractivity contribution in [2.24, 2.45) is 0 Å². The van der Waals surface area contributed by atoms with E-state index in [0.29, 0.717) is 0 Å². The third-order valence-corrected chi connectivity index (χ3v) is 1.98. The highest BCUT2D eigenvalue weighted by Crippen LogP contribution is 2.17. The molecule has 6 nitrogen and oxygen atoms in total. The standard InChI is InChI=1S/C11H14N2O4/c1-3-16-10(14)7-5-13-6-8(9(7)12)11(15)17-4-2/h5-6H,3-4H2,1-2H3,(H2,12,13). The second-order valence-electron chi connectivity index (χ2n) is 3.09. The molecule has 1 aromatic heterocycles. The number of aromatic nitrogens is 1. The van der Waals surface area contributed by atoms with Crippen molar-refractivity contribution in [1.29, 1.82) is 0 Å². The highest BCUT2D eigenvalue weighted by Gasteiger charge is 2.19. The Hall–Kier alpha value is -2.11. The maximum Gasteiger partial charge on any atom is 0.341 e. The molecule has 17 heavy (non-hydrogen) atoms. The molecule has 0 radical (unpaired) electrons. The Kier molecular flexibility index (Phi) is 4.45. The van der Waals surface area contributed by atoms with Crippen LogP contribution in [0.1, 0.15) is 34.6 Å². The number of nitrogen functional groups attached to an aromatic ring is 1. The average Bonchev–Trinajstić information content (AvgIpc) is 2.29. The van der Waals surface area contributed by atoms with Gasteiger partial charge in [0.1, 0.15) is 11.1 Å². The van der Waals surface area contributed by atoms with Crippen LogP contribution < -0.4 is 5.73 Å². The molecular formula is C11H14N2O4. The molecule has 6 heteroatoms. The van der Waals surface area contributed by atoms with E-state index in [1.165, 1.54) is 12.4 Å². The van der Waals surface area contributed by atoms with Gasteiger partial charge in [0.15, 0.2) is 0 Å². The minimum atomic E-state index is -0.608. The van der Waals surface area contributed by atoms with E-state index >= 15 is 0 Å². The normalized spacial score (nSPS) is 9.76. The monoisotopic (exact) mass is 238 g/mol. The van der Waals surface area contributed by atoms with Crippen molar-refractivity contribution in [2.45, 2.75) is 13.8 Å². The van der Waals surface area contributed by atoms with Crippen LogP contribution in [-0.4, -0.2) is 30.1 Å². The van der Waals surface area contributed by atoms with Crippen LogP contribution in [0.15, 0.2) is 12.4 Å². The first-order valence-electron chi connectivity index (χ1n) is 5.19. The lowest BCUT2D eigenvalue weighted by Crippen LogP contribution is -2.14. The molecule has 0 saturated heterocycles. The van der Waals surface area contributed by atoms with Crippen molar-refractivity contribution in [1.82, 2.24) is 4.98 Å². The molecule has 0 saturated carbocycles. The van der Waals surface area contributed by atoms with Crippen molar-refractivity contribution < 1.29 is 19.1 Å². The topological polar surface area (TPSA) is 91.5 Å². The summed E-state index contributed by atoms with van der Waals surface area (Å²) in [5.74, 6) is -1.22. The number of carbonyl (C=O) groups excluding carboxylic acids is 2. The third-order valence-electron chi connectivity index (χ3n) is 1.98. The van der Waals surface area contributed by atoms with Crippen LogP contribution in [0.2, 0.25) is 0 Å². The molecule has 0 fully saturated rings. The van der Waals surface area contributed by atoms with Gasteiger partial charge in [-0.05, 0) is 13.8 Å². The van der Waals surface area contributed by atoms with Crippen LogP contribution in [0.4, 0.5) is 5.69 Å². The zero-order valence-corrected chi connectivity index (χ0v) is 9.73. The number of hydrogen-bond acceptors (Lipinski definition) is 6. The summed E-state index contributed by atoms with van der Waals surface area (Å²) in [7, 11) is 0. The second kappa shape index (κ2) is 5.83. The molecule has 0 atom stereocenters. The number of anilines is 1. The van der Waals surface area contributed by atoms with E-state index in [1.807, 2.05) is 0 Å². The number of ether oxygens (including phenoxy) is 2. The maximum absolute atomic E-state index is 11.5. The highest BCUT2D eigenvalue weighted by atomic mass is 16.5. The highest BCUT2D eigenvalue weighted by molar-refractivity contribution is 6.03. The van der Waals surface area contributed by atoms with Gasteiger partial charge in [0.05, 0.1) is 18.9 Å². The van der Waals surface area contributed by atoms with Crippen molar-refractivity contribution in [3.63, 3.8) is 0 Å². The lowest BCUT2D eigenvalue weighted by molar-refractivity contribution is 0.0527. The molecule has 92 valence electrons. The van der Waals surface area contributed by atoms with Crippen LogP contribution in [0.5, 0.6) is 0 Å². The number of rotatable bonds is 4. The fourth-order valence-corrected chi connectivity index (χ4v) is 1.21. The minimum absolute atomic E-state index is 0.0249. The number of nitrogens with zero attached hydrogens (tertiary/aromatic N) is 1. The lowest BCUT2D eigenvalue weighted by Gasteiger charge is -2.08. The van der Waals surface area contributed by atoms with Gasteiger partial charge in [-0.15, -0.1) is 0 Å². The Bertz CT molecular complexity index is 395. The van der Waals surface area contributed by atoms with Crippen molar-refractivity contribution in [3.8, 4) is 0 Å². The maximum atomic E-state index is 11.5. The van der Waals surface area contributed by atoms with E-state index in [4.69, 9.17) is 15.2 Å². The van der Waals surface area contributed by atoms with Gasteiger partial charge in [0.2, 0.25) is 0 Å². The largest absolute Gasteiger partial charge is 0.462 e. The first kappa shape index (κ1) is 13.0. The first-order chi connectivity index (χ1) is 8.11. The fraction of sp³-hybridized carbons (Fsp3) is 0.364. The molecule has 0 bridgehead atoms. The Morgan fingerprint density at radius 1 is 1.12 bits per heavy atom. The smallest absolute Gasteiger partial charge is 0.341 e. The van der Waals surface area contributed by atoms with Crippen molar-refractivity contribution >= 4 is 17.6 Å². The number of nitrogens with two attached hydrogens (primary N) is 1. The zero-order valence-electron chi connectivity index (χ0n) is 9.73. The summed E-state index contributed by atoms with van der Waals surface area (Å²) in [6, 6.07) is 0. The van der Waals surface area contributed by atoms with Gasteiger partial charge >= 0.3 is 11.9 Å². The summed E-state index contributed by atoms with van der Waals surface area (Å²) < 4.78 is 9.58. The summed E-state index contributed by atoms with van der Waals surface area (Å²) in [5.41, 5.74) is 5.86. The molecule has 0 spiro atoms. The molecule has 0 aliphatic carbocycles. The molecule has 1 rings (SSSR count). The molecule has 0 unspecified atom stereocenters. The van der Waals surface area contributed by atoms with Crippen LogP contribution >= 0.6 is 0 Å². The fourth-order valence-electron chi connectivity index (χ4n) is 1.21. The quantitative estimate of drug-likeness (QED) is 0.787. The van der Waals surface area contributed by atoms with Gasteiger partial charge in [-0.1, -0.05) is 0 Å². The average molecular weight is 238 g/mol. The Morgan fingerprint density at radius 3 is 1.88 bits per heavy atom. The van der Waals surface area contributed by atoms with Crippen LogP contribution in [0.25, 0.3) is 0 Å². The summed E-state index contributed by atoms with van der Waals surface area (Å²) in [6.07, 6.45) is 2.52. The number of pyridine rings is 1. The molecule has 0 amide bonds. The number of carbonyl (C=O) groups is 2. The van der Waals surface area contributed by atoms with E-state index in [1.54, 1.807) is 13.8 Å². The van der Waals surface area contributed by atoms with Crippen LogP contribution in [0, 0.1) is 0 Å². The summed E-state index contributed by atoms with van der Waals surface area (Å²) in [4.78, 5) is 26.8. The van der Waals surface area contributed by atoms with Crippen molar-refractivity contribution in [2.75, 3.05) is 18.9 Å². The predicted octanol–water partition coefficient (Wildman–Crippen LogP) is 1.02. The van der Waals surface area contributed by atoms with Crippen molar-refractivity contribution in [3.05, 3.63) is 23.5 Å². The van der Waals surface area contributed by atoms with E-state index in [-0.39, 0.29) is 30.0 Å². The summed E-state index contributed by atoms with van der Waals surface area (Å²) >= 11 is 0. The van der Waals surface area contributed by atoms with E-state index in [0.717, 1.165) is 0 Å². The first-order valence-corrected chi connectivity index (χ1v) is 5.19. The number of hydrogen-bond donors (Lipinski definition) is 1. The van der Waals surface area contributed by atoms with E-state index in [2.05, 4.69) is 4.98 Å². The Balaban J connectivity index is 3.07. The summed E-state index contributed by atoms with van der Waals surface area (Å²) in [5, 5.41) is 0. The summed E-state index contributed by atoms with van der Waals surface area (Å²) in [6.45, 7) is 3.80. The molecule has 2 N–H and O–H groups in total. The minimum Gasteiger partial charge on any atom is -0.462 e. The lowest BCUT2D eigenvalue weighted by atomic mass is 10.1. The van der Waals surface area contributed by atoms with Gasteiger partial charge in [0, 0.05) is 12.4 Å². The SMILES string of the molecule is CCOC(=O)c1cncc(C(=O)OCC)c1N. The van der Waals surface area contributed by atoms with Gasteiger partial charge < -0.3 is 15.2 Å². The second-order valence-corrected chi connectivity index (χ2v) is 3.09. The zero-order chi connectivity index (χ0) is 12.8. The predicted molar refractivity (Wildman–Crippen MR) is 60.6 cm³/mol. The molecule has 1 heterocycles. The Labute approximate surface area is 98.7 Å². The van der Waals surface area contributed by atoms with E-state index < -0.39 is 11.9 Å². The molecular weight excluding hydrogens is 224 g/mol.